The quantitative estimate of drug-likeness (QED) is 0.304. The first-order valence-corrected chi connectivity index (χ1v) is 4.70. The third-order valence-electron chi connectivity index (χ3n) is 2.50. The summed E-state index contributed by atoms with van der Waals surface area (Å²) in [4.78, 5) is 11.5. The van der Waals surface area contributed by atoms with Crippen LogP contribution in [0.3, 0.4) is 0 Å². The Morgan fingerprint density at radius 3 is 2.60 bits per heavy atom. The molecule has 0 aromatic carbocycles. The fourth-order valence-electron chi connectivity index (χ4n) is 1.71. The molecule has 0 saturated carbocycles. The van der Waals surface area contributed by atoms with Gasteiger partial charge in [-0.05, 0) is 12.2 Å². The molecule has 4 atom stereocenters. The van der Waals surface area contributed by atoms with E-state index in [2.05, 4.69) is 10.6 Å². The topological polar surface area (TPSA) is 111 Å². The van der Waals surface area contributed by atoms with Crippen LogP contribution in [0.5, 0.6) is 0 Å². The van der Waals surface area contributed by atoms with Crippen molar-refractivity contribution >= 4 is 23.2 Å². The molecular weight excluding hydrogens is 224 g/mol. The lowest BCUT2D eigenvalue weighted by molar-refractivity contribution is -0.153. The first kappa shape index (κ1) is 10.7. The molecule has 0 unspecified atom stereocenters. The van der Waals surface area contributed by atoms with Crippen LogP contribution in [0.25, 0.3) is 0 Å². The van der Waals surface area contributed by atoms with E-state index in [1.807, 2.05) is 0 Å². The predicted molar refractivity (Wildman–Crippen MR) is 50.6 cm³/mol. The maximum Gasteiger partial charge on any atom is 0.282 e. The zero-order chi connectivity index (χ0) is 11.2. The summed E-state index contributed by atoms with van der Waals surface area (Å²) in [5.74, 6) is -0.671. The van der Waals surface area contributed by atoms with Crippen LogP contribution in [0.4, 0.5) is 0 Å². The molecule has 1 amide bonds. The van der Waals surface area contributed by atoms with Crippen molar-refractivity contribution in [2.75, 3.05) is 6.61 Å². The molecule has 2 fully saturated rings. The molecule has 5 N–H and O–H groups in total. The molecule has 0 radical (unpaired) electrons. The Balaban J connectivity index is 2.30. The van der Waals surface area contributed by atoms with Gasteiger partial charge in [0.2, 0.25) is 0 Å². The van der Waals surface area contributed by atoms with Gasteiger partial charge in [-0.15, -0.1) is 0 Å². The van der Waals surface area contributed by atoms with Crippen molar-refractivity contribution < 1.29 is 24.9 Å². The Bertz CT molecular complexity index is 325. The van der Waals surface area contributed by atoms with Crippen molar-refractivity contribution in [1.82, 2.24) is 10.6 Å². The van der Waals surface area contributed by atoms with Gasteiger partial charge in [-0.25, -0.2) is 0 Å². The molecule has 7 nitrogen and oxygen atoms in total. The van der Waals surface area contributed by atoms with Crippen molar-refractivity contribution in [3.05, 3.63) is 0 Å². The molecule has 0 aliphatic carbocycles. The second kappa shape index (κ2) is 3.35. The zero-order valence-corrected chi connectivity index (χ0v) is 8.32. The van der Waals surface area contributed by atoms with Crippen molar-refractivity contribution in [2.24, 2.45) is 0 Å². The number of nitrogens with one attached hydrogen (secondary N) is 2. The van der Waals surface area contributed by atoms with Gasteiger partial charge in [-0.2, -0.15) is 0 Å². The second-order valence-electron chi connectivity index (χ2n) is 3.42. The van der Waals surface area contributed by atoms with Crippen LogP contribution in [-0.4, -0.2) is 57.0 Å². The van der Waals surface area contributed by atoms with Crippen molar-refractivity contribution in [1.29, 1.82) is 0 Å². The van der Waals surface area contributed by atoms with E-state index in [9.17, 15) is 15.0 Å². The molecule has 2 rings (SSSR count). The highest BCUT2D eigenvalue weighted by Crippen LogP contribution is 2.31. The van der Waals surface area contributed by atoms with Gasteiger partial charge in [0.05, 0.1) is 6.61 Å². The summed E-state index contributed by atoms with van der Waals surface area (Å²) < 4.78 is 5.11. The molecule has 2 heterocycles. The van der Waals surface area contributed by atoms with Gasteiger partial charge in [0, 0.05) is 0 Å². The Morgan fingerprint density at radius 2 is 2.20 bits per heavy atom. The van der Waals surface area contributed by atoms with E-state index in [0.29, 0.717) is 0 Å². The van der Waals surface area contributed by atoms with Crippen LogP contribution in [0, 0.1) is 0 Å². The van der Waals surface area contributed by atoms with Crippen LogP contribution in [0.15, 0.2) is 0 Å². The second-order valence-corrected chi connectivity index (χ2v) is 3.83. The number of hydrogen-bond donors (Lipinski definition) is 5. The number of rotatable bonds is 1. The van der Waals surface area contributed by atoms with E-state index < -0.39 is 36.6 Å². The highest BCUT2D eigenvalue weighted by molar-refractivity contribution is 7.80. The Hall–Kier alpha value is -0.800. The standard InChI is InChI=1S/C7H10N2O5S/c10-1-2-3(11)4(12)7(14-2)5(13)8-6(15)9-7/h2-4,10-12H,1H2,(H2,8,9,13,15)/t2-,3-,4-,7+/m1/s1. The monoisotopic (exact) mass is 234 g/mol. The first-order chi connectivity index (χ1) is 7.01. The number of amides is 1. The maximum absolute atomic E-state index is 11.5. The Morgan fingerprint density at radius 1 is 1.53 bits per heavy atom. The number of aliphatic hydroxyl groups is 3. The minimum absolute atomic E-state index is 0.0184. The van der Waals surface area contributed by atoms with Gasteiger partial charge >= 0.3 is 0 Å². The van der Waals surface area contributed by atoms with E-state index in [-0.39, 0.29) is 5.11 Å². The number of thiocarbonyl (C=S) groups is 1. The molecule has 2 saturated heterocycles. The zero-order valence-electron chi connectivity index (χ0n) is 7.51. The summed E-state index contributed by atoms with van der Waals surface area (Å²) in [5.41, 5.74) is -1.77. The van der Waals surface area contributed by atoms with E-state index in [4.69, 9.17) is 22.1 Å². The molecule has 0 bridgehead atoms. The molecule has 2 aliphatic heterocycles. The number of aliphatic hydroxyl groups excluding tert-OH is 3. The van der Waals surface area contributed by atoms with Crippen molar-refractivity contribution in [2.45, 2.75) is 24.0 Å². The SMILES string of the molecule is O=C1NC(=S)N[C@@]12O[C@H](CO)[C@@H](O)[C@H]2O. The summed E-state index contributed by atoms with van der Waals surface area (Å²) >= 11 is 4.69. The summed E-state index contributed by atoms with van der Waals surface area (Å²) in [6, 6.07) is 0. The molecule has 0 aromatic heterocycles. The molecule has 0 aromatic rings. The van der Waals surface area contributed by atoms with Crippen molar-refractivity contribution in [3.63, 3.8) is 0 Å². The minimum Gasteiger partial charge on any atom is -0.394 e. The maximum atomic E-state index is 11.5. The predicted octanol–water partition coefficient (Wildman–Crippen LogP) is -3.20. The van der Waals surface area contributed by atoms with Gasteiger partial charge in [-0.1, -0.05) is 0 Å². The molecule has 8 heteroatoms. The molecular formula is C7H10N2O5S. The average molecular weight is 234 g/mol. The van der Waals surface area contributed by atoms with E-state index >= 15 is 0 Å². The third kappa shape index (κ3) is 1.34. The van der Waals surface area contributed by atoms with Gasteiger partial charge in [0.15, 0.2) is 5.11 Å². The normalized spacial score (nSPS) is 44.6. The largest absolute Gasteiger partial charge is 0.394 e. The van der Waals surface area contributed by atoms with Crippen LogP contribution >= 0.6 is 12.2 Å². The van der Waals surface area contributed by atoms with Gasteiger partial charge in [-0.3, -0.25) is 10.1 Å². The van der Waals surface area contributed by atoms with Gasteiger partial charge in [0.25, 0.3) is 11.6 Å². The lowest BCUT2D eigenvalue weighted by Crippen LogP contribution is -2.56. The van der Waals surface area contributed by atoms with E-state index in [1.165, 1.54) is 0 Å². The molecule has 2 aliphatic rings. The first-order valence-electron chi connectivity index (χ1n) is 4.29. The van der Waals surface area contributed by atoms with E-state index in [1.54, 1.807) is 0 Å². The van der Waals surface area contributed by atoms with E-state index in [0.717, 1.165) is 0 Å². The lowest BCUT2D eigenvalue weighted by atomic mass is 10.0. The average Bonchev–Trinajstić information content (AvgIpc) is 2.60. The van der Waals surface area contributed by atoms with Crippen LogP contribution in [-0.2, 0) is 9.53 Å². The number of ether oxygens (including phenoxy) is 1. The summed E-state index contributed by atoms with van der Waals surface area (Å²) in [7, 11) is 0. The molecule has 84 valence electrons. The lowest BCUT2D eigenvalue weighted by Gasteiger charge is -2.23. The molecule has 15 heavy (non-hydrogen) atoms. The highest BCUT2D eigenvalue weighted by Gasteiger charge is 2.62. The number of carbonyl (C=O) groups is 1. The highest BCUT2D eigenvalue weighted by atomic mass is 32.1. The van der Waals surface area contributed by atoms with Crippen LogP contribution < -0.4 is 10.6 Å². The third-order valence-corrected chi connectivity index (χ3v) is 2.71. The number of hydrogen-bond acceptors (Lipinski definition) is 6. The summed E-state index contributed by atoms with van der Waals surface area (Å²) in [5, 5.41) is 32.7. The molecule has 1 spiro atoms. The Kier molecular flexibility index (Phi) is 2.40. The van der Waals surface area contributed by atoms with Crippen LogP contribution in [0.1, 0.15) is 0 Å². The fourth-order valence-corrected chi connectivity index (χ4v) is 1.96. The van der Waals surface area contributed by atoms with Gasteiger partial charge < -0.3 is 25.4 Å². The van der Waals surface area contributed by atoms with Crippen LogP contribution in [0.2, 0.25) is 0 Å². The summed E-state index contributed by atoms with van der Waals surface area (Å²) in [6.07, 6.45) is -3.83. The smallest absolute Gasteiger partial charge is 0.282 e. The summed E-state index contributed by atoms with van der Waals surface area (Å²) in [6.45, 7) is -0.498. The minimum atomic E-state index is -1.77. The fraction of sp³-hybridized carbons (Fsp3) is 0.714. The van der Waals surface area contributed by atoms with Crippen molar-refractivity contribution in [3.8, 4) is 0 Å². The Labute approximate surface area is 90.0 Å². The van der Waals surface area contributed by atoms with Gasteiger partial charge in [0.1, 0.15) is 18.3 Å². The number of carbonyl (C=O) groups excluding carboxylic acids is 1.